The molecule has 1 atom stereocenters. The van der Waals surface area contributed by atoms with Crippen molar-refractivity contribution in [1.82, 2.24) is 15.2 Å². The molecule has 126 valence electrons. The summed E-state index contributed by atoms with van der Waals surface area (Å²) < 4.78 is 14.0. The first-order valence-electron chi connectivity index (χ1n) is 8.35. The smallest absolute Gasteiger partial charge is 0.318 e. The number of pyridine rings is 1. The second kappa shape index (κ2) is 7.43. The lowest BCUT2D eigenvalue weighted by molar-refractivity contribution is 0.130. The second-order valence-corrected chi connectivity index (χ2v) is 6.26. The van der Waals surface area contributed by atoms with E-state index in [4.69, 9.17) is 0 Å². The molecule has 1 heterocycles. The molecule has 3 rings (SSSR count). The first kappa shape index (κ1) is 16.4. The van der Waals surface area contributed by atoms with Gasteiger partial charge >= 0.3 is 6.03 Å². The topological polar surface area (TPSA) is 45.2 Å². The van der Waals surface area contributed by atoms with Gasteiger partial charge in [-0.3, -0.25) is 4.98 Å². The third-order valence-electron chi connectivity index (χ3n) is 4.60. The number of aromatic nitrogens is 1. The van der Waals surface area contributed by atoms with Gasteiger partial charge in [0.2, 0.25) is 0 Å². The Labute approximate surface area is 141 Å². The molecule has 24 heavy (non-hydrogen) atoms. The van der Waals surface area contributed by atoms with Crippen LogP contribution in [0, 0.1) is 5.82 Å². The number of carbonyl (C=O) groups is 1. The van der Waals surface area contributed by atoms with E-state index in [-0.39, 0.29) is 23.9 Å². The van der Waals surface area contributed by atoms with Crippen LogP contribution in [-0.4, -0.2) is 22.0 Å². The number of urea groups is 1. The van der Waals surface area contributed by atoms with Crippen molar-refractivity contribution in [3.05, 3.63) is 65.7 Å². The molecule has 1 aliphatic rings. The van der Waals surface area contributed by atoms with E-state index in [9.17, 15) is 9.18 Å². The Hall–Kier alpha value is -2.43. The zero-order valence-electron chi connectivity index (χ0n) is 13.8. The van der Waals surface area contributed by atoms with Crippen LogP contribution >= 0.6 is 0 Å². The van der Waals surface area contributed by atoms with Crippen molar-refractivity contribution in [2.75, 3.05) is 0 Å². The van der Waals surface area contributed by atoms with Gasteiger partial charge in [-0.15, -0.1) is 0 Å². The van der Waals surface area contributed by atoms with Gasteiger partial charge in [-0.25, -0.2) is 9.18 Å². The minimum Gasteiger partial charge on any atom is -0.331 e. The molecule has 0 aliphatic heterocycles. The zero-order valence-corrected chi connectivity index (χ0v) is 13.8. The van der Waals surface area contributed by atoms with Crippen LogP contribution < -0.4 is 5.32 Å². The Balaban J connectivity index is 1.71. The number of carbonyl (C=O) groups excluding carboxylic acids is 1. The molecule has 0 bridgehead atoms. The molecule has 0 unspecified atom stereocenters. The number of rotatable bonds is 5. The Bertz CT molecular complexity index is 688. The third-order valence-corrected chi connectivity index (χ3v) is 4.60. The van der Waals surface area contributed by atoms with E-state index in [1.165, 1.54) is 6.07 Å². The van der Waals surface area contributed by atoms with E-state index in [2.05, 4.69) is 10.3 Å². The van der Waals surface area contributed by atoms with Crippen molar-refractivity contribution in [2.24, 2.45) is 0 Å². The molecule has 2 amide bonds. The quantitative estimate of drug-likeness (QED) is 0.900. The van der Waals surface area contributed by atoms with E-state index < -0.39 is 0 Å². The molecular formula is C19H22FN3O. The van der Waals surface area contributed by atoms with Crippen LogP contribution in [0.4, 0.5) is 9.18 Å². The number of halogens is 1. The fraction of sp³-hybridized carbons (Fsp3) is 0.368. The summed E-state index contributed by atoms with van der Waals surface area (Å²) in [6.07, 6.45) is 6.52. The van der Waals surface area contributed by atoms with Gasteiger partial charge < -0.3 is 10.2 Å². The maximum Gasteiger partial charge on any atom is 0.318 e. The number of nitrogens with zero attached hydrogens (tertiary/aromatic N) is 2. The lowest BCUT2D eigenvalue weighted by Gasteiger charge is -2.38. The van der Waals surface area contributed by atoms with Gasteiger partial charge in [-0.2, -0.15) is 0 Å². The highest BCUT2D eigenvalue weighted by Crippen LogP contribution is 2.27. The van der Waals surface area contributed by atoms with Crippen molar-refractivity contribution in [3.8, 4) is 0 Å². The van der Waals surface area contributed by atoms with Crippen LogP contribution in [0.5, 0.6) is 0 Å². The first-order chi connectivity index (χ1) is 11.6. The van der Waals surface area contributed by atoms with Crippen LogP contribution in [0.15, 0.2) is 48.8 Å². The maximum absolute atomic E-state index is 14.0. The fourth-order valence-corrected chi connectivity index (χ4v) is 2.86. The number of nitrogens with one attached hydrogen (secondary N) is 1. The first-order valence-corrected chi connectivity index (χ1v) is 8.35. The van der Waals surface area contributed by atoms with E-state index >= 15 is 0 Å². The minimum absolute atomic E-state index is 0.144. The van der Waals surface area contributed by atoms with Crippen LogP contribution in [0.1, 0.15) is 43.4 Å². The molecule has 1 fully saturated rings. The molecule has 4 nitrogen and oxygen atoms in total. The van der Waals surface area contributed by atoms with Crippen molar-refractivity contribution < 1.29 is 9.18 Å². The largest absolute Gasteiger partial charge is 0.331 e. The number of hydrogen-bond acceptors (Lipinski definition) is 2. The Kier molecular flexibility index (Phi) is 5.08. The number of amides is 2. The number of hydrogen-bond donors (Lipinski definition) is 1. The van der Waals surface area contributed by atoms with E-state index in [0.717, 1.165) is 24.8 Å². The summed E-state index contributed by atoms with van der Waals surface area (Å²) in [4.78, 5) is 18.6. The van der Waals surface area contributed by atoms with Crippen molar-refractivity contribution >= 4 is 6.03 Å². The van der Waals surface area contributed by atoms with Gasteiger partial charge in [-0.05, 0) is 43.9 Å². The standard InChI is InChI=1S/C19H22FN3O/c1-14(15-7-5-11-21-12-15)22-19(24)23(17-8-4-9-17)13-16-6-2-3-10-18(16)20/h2-3,5-7,10-12,14,17H,4,8-9,13H2,1H3,(H,22,24)/t14-/m1/s1. The lowest BCUT2D eigenvalue weighted by atomic mass is 9.91. The SMILES string of the molecule is C[C@@H](NC(=O)N(Cc1ccccc1F)C1CCC1)c1cccnc1. The lowest BCUT2D eigenvalue weighted by Crippen LogP contribution is -2.49. The van der Waals surface area contributed by atoms with Crippen molar-refractivity contribution in [1.29, 1.82) is 0 Å². The molecule has 5 heteroatoms. The molecule has 0 spiro atoms. The zero-order chi connectivity index (χ0) is 16.9. The normalized spacial score (nSPS) is 15.4. The third kappa shape index (κ3) is 3.72. The summed E-state index contributed by atoms with van der Waals surface area (Å²) in [6, 6.07) is 10.3. The summed E-state index contributed by atoms with van der Waals surface area (Å²) in [6.45, 7) is 2.22. The van der Waals surface area contributed by atoms with E-state index in [1.54, 1.807) is 35.5 Å². The van der Waals surface area contributed by atoms with Crippen molar-refractivity contribution in [2.45, 2.75) is 44.8 Å². The summed E-state index contributed by atoms with van der Waals surface area (Å²) in [5.74, 6) is -0.269. The summed E-state index contributed by atoms with van der Waals surface area (Å²) in [5, 5.41) is 3.01. The van der Waals surface area contributed by atoms with Crippen LogP contribution in [-0.2, 0) is 6.54 Å². The van der Waals surface area contributed by atoms with Crippen LogP contribution in [0.3, 0.4) is 0 Å². The minimum atomic E-state index is -0.269. The monoisotopic (exact) mass is 327 g/mol. The second-order valence-electron chi connectivity index (χ2n) is 6.26. The van der Waals surface area contributed by atoms with E-state index in [0.29, 0.717) is 12.1 Å². The van der Waals surface area contributed by atoms with Gasteiger partial charge in [0.1, 0.15) is 5.82 Å². The molecule has 1 saturated carbocycles. The van der Waals surface area contributed by atoms with Gasteiger partial charge in [-0.1, -0.05) is 24.3 Å². The molecule has 0 saturated heterocycles. The highest BCUT2D eigenvalue weighted by molar-refractivity contribution is 5.75. The average Bonchev–Trinajstić information content (AvgIpc) is 2.55. The molecule has 0 radical (unpaired) electrons. The molecule has 1 aromatic heterocycles. The predicted octanol–water partition coefficient (Wildman–Crippen LogP) is 4.05. The highest BCUT2D eigenvalue weighted by Gasteiger charge is 2.30. The number of benzene rings is 1. The fourth-order valence-electron chi connectivity index (χ4n) is 2.86. The van der Waals surface area contributed by atoms with Crippen LogP contribution in [0.2, 0.25) is 0 Å². The molecule has 2 aromatic rings. The van der Waals surface area contributed by atoms with Crippen molar-refractivity contribution in [3.63, 3.8) is 0 Å². The van der Waals surface area contributed by atoms with Gasteiger partial charge in [0.05, 0.1) is 12.6 Å². The maximum atomic E-state index is 14.0. The Morgan fingerprint density at radius 1 is 1.33 bits per heavy atom. The molecule has 1 N–H and O–H groups in total. The Morgan fingerprint density at radius 2 is 2.12 bits per heavy atom. The van der Waals surface area contributed by atoms with Gasteiger partial charge in [0, 0.05) is 24.0 Å². The summed E-state index contributed by atoms with van der Waals surface area (Å²) in [5.41, 5.74) is 1.50. The highest BCUT2D eigenvalue weighted by atomic mass is 19.1. The molecule has 1 aromatic carbocycles. The summed E-state index contributed by atoms with van der Waals surface area (Å²) >= 11 is 0. The predicted molar refractivity (Wildman–Crippen MR) is 90.8 cm³/mol. The average molecular weight is 327 g/mol. The van der Waals surface area contributed by atoms with Crippen LogP contribution in [0.25, 0.3) is 0 Å². The van der Waals surface area contributed by atoms with E-state index in [1.807, 2.05) is 19.1 Å². The van der Waals surface area contributed by atoms with Gasteiger partial charge in [0.25, 0.3) is 0 Å². The Morgan fingerprint density at radius 3 is 2.75 bits per heavy atom. The van der Waals surface area contributed by atoms with Gasteiger partial charge in [0.15, 0.2) is 0 Å². The molecular weight excluding hydrogens is 305 g/mol. The molecule has 1 aliphatic carbocycles. The summed E-state index contributed by atoms with van der Waals surface area (Å²) in [7, 11) is 0.